The van der Waals surface area contributed by atoms with Crippen molar-refractivity contribution in [3.05, 3.63) is 28.5 Å². The first kappa shape index (κ1) is 11.8. The summed E-state index contributed by atoms with van der Waals surface area (Å²) in [5.74, 6) is 1.26. The first-order valence-electron chi connectivity index (χ1n) is 5.18. The second kappa shape index (κ2) is 5.09. The smallest absolute Gasteiger partial charge is 0.257 e. The van der Waals surface area contributed by atoms with E-state index < -0.39 is 0 Å². The number of ether oxygens (including phenoxy) is 1. The van der Waals surface area contributed by atoms with Crippen LogP contribution in [0.15, 0.2) is 17.8 Å². The largest absolute Gasteiger partial charge is 0.478 e. The monoisotopic (exact) mass is 250 g/mol. The van der Waals surface area contributed by atoms with Crippen molar-refractivity contribution in [2.75, 3.05) is 19.1 Å². The van der Waals surface area contributed by atoms with Crippen LogP contribution >= 0.6 is 11.3 Å². The molecule has 0 saturated heterocycles. The third-order valence-electron chi connectivity index (χ3n) is 2.24. The molecule has 0 spiro atoms. The van der Waals surface area contributed by atoms with Gasteiger partial charge in [0.25, 0.3) is 5.88 Å². The summed E-state index contributed by atoms with van der Waals surface area (Å²) in [7, 11) is 3.54. The van der Waals surface area contributed by atoms with Gasteiger partial charge in [0.15, 0.2) is 5.82 Å². The van der Waals surface area contributed by atoms with Crippen LogP contribution in [-0.4, -0.2) is 29.1 Å². The molecule has 17 heavy (non-hydrogen) atoms. The average Bonchev–Trinajstić information content (AvgIpc) is 2.74. The van der Waals surface area contributed by atoms with Gasteiger partial charge >= 0.3 is 0 Å². The van der Waals surface area contributed by atoms with Gasteiger partial charge in [0, 0.05) is 30.5 Å². The number of aromatic nitrogens is 3. The van der Waals surface area contributed by atoms with Crippen LogP contribution in [0.3, 0.4) is 0 Å². The van der Waals surface area contributed by atoms with Crippen molar-refractivity contribution in [2.24, 2.45) is 0 Å². The molecule has 0 N–H and O–H groups in total. The fourth-order valence-corrected chi connectivity index (χ4v) is 2.30. The molecule has 2 heterocycles. The number of nitrogens with zero attached hydrogens (tertiary/aromatic N) is 4. The molecule has 0 amide bonds. The summed E-state index contributed by atoms with van der Waals surface area (Å²) in [6, 6.07) is 0. The van der Waals surface area contributed by atoms with E-state index in [0.717, 1.165) is 16.5 Å². The summed E-state index contributed by atoms with van der Waals surface area (Å²) in [6.45, 7) is 2.69. The van der Waals surface area contributed by atoms with E-state index in [9.17, 15) is 0 Å². The lowest BCUT2D eigenvalue weighted by molar-refractivity contribution is 0.396. The van der Waals surface area contributed by atoms with Gasteiger partial charge in [-0.25, -0.2) is 15.0 Å². The highest BCUT2D eigenvalue weighted by Crippen LogP contribution is 2.23. The molecule has 0 radical (unpaired) electrons. The lowest BCUT2D eigenvalue weighted by Gasteiger charge is -2.17. The highest BCUT2D eigenvalue weighted by Gasteiger charge is 2.12. The average molecular weight is 250 g/mol. The molecule has 90 valence electrons. The highest BCUT2D eigenvalue weighted by atomic mass is 32.1. The van der Waals surface area contributed by atoms with Crippen molar-refractivity contribution in [3.63, 3.8) is 0 Å². The Morgan fingerprint density at radius 3 is 2.76 bits per heavy atom. The van der Waals surface area contributed by atoms with Crippen LogP contribution in [0.1, 0.15) is 10.7 Å². The zero-order chi connectivity index (χ0) is 12.3. The van der Waals surface area contributed by atoms with E-state index in [4.69, 9.17) is 4.74 Å². The predicted molar refractivity (Wildman–Crippen MR) is 67.5 cm³/mol. The normalized spacial score (nSPS) is 10.3. The van der Waals surface area contributed by atoms with E-state index in [-0.39, 0.29) is 0 Å². The molecule has 2 aromatic rings. The minimum absolute atomic E-state index is 0.531. The molecular weight excluding hydrogens is 236 g/mol. The standard InChI is InChI=1S/C11H14N4OS/c1-8-7-17-9(14-8)6-15(2)10-11(16-3)13-5-4-12-10/h4-5,7H,6H2,1-3H3. The number of anilines is 1. The number of methoxy groups -OCH3 is 1. The Hall–Kier alpha value is -1.69. The lowest BCUT2D eigenvalue weighted by atomic mass is 10.5. The predicted octanol–water partition coefficient (Wildman–Crippen LogP) is 1.89. The number of rotatable bonds is 4. The molecule has 0 atom stereocenters. The molecule has 2 aromatic heterocycles. The van der Waals surface area contributed by atoms with Crippen LogP contribution in [-0.2, 0) is 6.54 Å². The van der Waals surface area contributed by atoms with Crippen molar-refractivity contribution in [1.82, 2.24) is 15.0 Å². The number of hydrogen-bond donors (Lipinski definition) is 0. The molecule has 0 aromatic carbocycles. The topological polar surface area (TPSA) is 51.1 Å². The van der Waals surface area contributed by atoms with Crippen LogP contribution in [0.25, 0.3) is 0 Å². The van der Waals surface area contributed by atoms with Gasteiger partial charge in [-0.1, -0.05) is 0 Å². The van der Waals surface area contributed by atoms with Gasteiger partial charge < -0.3 is 9.64 Å². The molecule has 0 unspecified atom stereocenters. The van der Waals surface area contributed by atoms with Gasteiger partial charge in [-0.05, 0) is 6.92 Å². The van der Waals surface area contributed by atoms with E-state index in [1.807, 2.05) is 24.3 Å². The van der Waals surface area contributed by atoms with Crippen molar-refractivity contribution in [2.45, 2.75) is 13.5 Å². The van der Waals surface area contributed by atoms with Crippen molar-refractivity contribution < 1.29 is 4.74 Å². The molecule has 2 rings (SSSR count). The summed E-state index contributed by atoms with van der Waals surface area (Å²) in [5, 5.41) is 3.09. The quantitative estimate of drug-likeness (QED) is 0.829. The number of thiazole rings is 1. The zero-order valence-electron chi connectivity index (χ0n) is 10.0. The van der Waals surface area contributed by atoms with Gasteiger partial charge in [0.2, 0.25) is 0 Å². The molecule has 0 aliphatic rings. The van der Waals surface area contributed by atoms with Crippen LogP contribution in [0.2, 0.25) is 0 Å². The maximum absolute atomic E-state index is 5.18. The van der Waals surface area contributed by atoms with Gasteiger partial charge in [0.05, 0.1) is 13.7 Å². The van der Waals surface area contributed by atoms with E-state index in [1.165, 1.54) is 0 Å². The summed E-state index contributed by atoms with van der Waals surface area (Å²) in [4.78, 5) is 14.8. The van der Waals surface area contributed by atoms with E-state index in [2.05, 4.69) is 15.0 Å². The summed E-state index contributed by atoms with van der Waals surface area (Å²) in [6.07, 6.45) is 3.27. The Balaban J connectivity index is 2.16. The molecule has 0 aliphatic heterocycles. The summed E-state index contributed by atoms with van der Waals surface area (Å²) >= 11 is 1.64. The van der Waals surface area contributed by atoms with Gasteiger partial charge in [-0.15, -0.1) is 11.3 Å². The molecule has 5 nitrogen and oxygen atoms in total. The Kier molecular flexibility index (Phi) is 3.53. The lowest BCUT2D eigenvalue weighted by Crippen LogP contribution is -2.18. The highest BCUT2D eigenvalue weighted by molar-refractivity contribution is 7.09. The molecule has 0 bridgehead atoms. The van der Waals surface area contributed by atoms with Crippen LogP contribution in [0.5, 0.6) is 5.88 Å². The van der Waals surface area contributed by atoms with E-state index >= 15 is 0 Å². The molecular formula is C11H14N4OS. The SMILES string of the molecule is COc1nccnc1N(C)Cc1nc(C)cs1. The van der Waals surface area contributed by atoms with Crippen LogP contribution < -0.4 is 9.64 Å². The van der Waals surface area contributed by atoms with E-state index in [0.29, 0.717) is 12.4 Å². The Bertz CT molecular complexity index is 500. The Morgan fingerprint density at radius 1 is 1.35 bits per heavy atom. The number of hydrogen-bond acceptors (Lipinski definition) is 6. The minimum Gasteiger partial charge on any atom is -0.478 e. The third kappa shape index (κ3) is 2.71. The molecule has 0 saturated carbocycles. The van der Waals surface area contributed by atoms with Gasteiger partial charge in [-0.2, -0.15) is 0 Å². The fraction of sp³-hybridized carbons (Fsp3) is 0.364. The zero-order valence-corrected chi connectivity index (χ0v) is 10.9. The molecule has 6 heteroatoms. The number of aryl methyl sites for hydroxylation is 1. The molecule has 0 aliphatic carbocycles. The Labute approximate surface area is 104 Å². The first-order valence-corrected chi connectivity index (χ1v) is 6.06. The molecule has 0 fully saturated rings. The van der Waals surface area contributed by atoms with Gasteiger partial charge in [-0.3, -0.25) is 0 Å². The second-order valence-electron chi connectivity index (χ2n) is 3.63. The second-order valence-corrected chi connectivity index (χ2v) is 4.57. The van der Waals surface area contributed by atoms with Crippen LogP contribution in [0.4, 0.5) is 5.82 Å². The first-order chi connectivity index (χ1) is 8.20. The van der Waals surface area contributed by atoms with E-state index in [1.54, 1.807) is 30.8 Å². The van der Waals surface area contributed by atoms with Crippen molar-refractivity contribution in [1.29, 1.82) is 0 Å². The third-order valence-corrected chi connectivity index (χ3v) is 3.19. The van der Waals surface area contributed by atoms with Crippen molar-refractivity contribution >= 4 is 17.2 Å². The minimum atomic E-state index is 0.531. The maximum Gasteiger partial charge on any atom is 0.257 e. The summed E-state index contributed by atoms with van der Waals surface area (Å²) in [5.41, 5.74) is 1.05. The Morgan fingerprint density at radius 2 is 2.12 bits per heavy atom. The van der Waals surface area contributed by atoms with Gasteiger partial charge in [0.1, 0.15) is 5.01 Å². The van der Waals surface area contributed by atoms with Crippen LogP contribution in [0, 0.1) is 6.92 Å². The maximum atomic E-state index is 5.18. The van der Waals surface area contributed by atoms with Crippen molar-refractivity contribution in [3.8, 4) is 5.88 Å². The summed E-state index contributed by atoms with van der Waals surface area (Å²) < 4.78 is 5.18. The fourth-order valence-electron chi connectivity index (χ4n) is 1.48.